The number of benzene rings is 4. The van der Waals surface area contributed by atoms with Crippen LogP contribution in [0.25, 0.3) is 90.9 Å². The van der Waals surface area contributed by atoms with Crippen molar-refractivity contribution in [3.8, 4) is 56.0 Å². The maximum absolute atomic E-state index is 16.3. The summed E-state index contributed by atoms with van der Waals surface area (Å²) in [4.78, 5) is 15.9. The van der Waals surface area contributed by atoms with Crippen LogP contribution in [0.15, 0.2) is 84.9 Å². The molecule has 4 aromatic carbocycles. The summed E-state index contributed by atoms with van der Waals surface area (Å²) in [6.45, 7) is 2.26. The van der Waals surface area contributed by atoms with Crippen LogP contribution >= 0.6 is 0 Å². The van der Waals surface area contributed by atoms with Gasteiger partial charge in [-0.25, -0.2) is 27.5 Å². The Bertz CT molecular complexity index is 2920. The molecule has 310 valence electrons. The van der Waals surface area contributed by atoms with Crippen molar-refractivity contribution < 1.29 is 44.6 Å². The zero-order valence-corrected chi connectivity index (χ0v) is 32.5. The minimum Gasteiger partial charge on any atom is -0.488 e. The number of ether oxygens (including phenoxy) is 2. The monoisotopic (exact) mass is 846 g/mol. The lowest BCUT2D eigenvalue weighted by Crippen LogP contribution is -2.06. The van der Waals surface area contributed by atoms with Gasteiger partial charge in [0.25, 0.3) is 0 Å². The van der Waals surface area contributed by atoms with Crippen LogP contribution in [0.4, 0.5) is 35.1 Å². The number of hydrogen-bond donors (Lipinski definition) is 2. The van der Waals surface area contributed by atoms with Gasteiger partial charge < -0.3 is 19.4 Å². The van der Waals surface area contributed by atoms with Crippen LogP contribution in [0.3, 0.4) is 0 Å². The molecule has 3 aromatic heterocycles. The van der Waals surface area contributed by atoms with Crippen molar-refractivity contribution in [2.75, 3.05) is 13.2 Å². The van der Waals surface area contributed by atoms with Gasteiger partial charge >= 0.3 is 0 Å². The Morgan fingerprint density at radius 3 is 0.968 bits per heavy atom. The highest BCUT2D eigenvalue weighted by molar-refractivity contribution is 6.00. The molecule has 8 bridgehead atoms. The fourth-order valence-corrected chi connectivity index (χ4v) is 7.75. The number of halogens is 8. The second kappa shape index (κ2) is 15.8. The Morgan fingerprint density at radius 2 is 0.661 bits per heavy atom. The van der Waals surface area contributed by atoms with E-state index in [1.54, 1.807) is 72.8 Å². The van der Waals surface area contributed by atoms with E-state index in [9.17, 15) is 0 Å². The van der Waals surface area contributed by atoms with Crippen LogP contribution in [0, 0.1) is 46.5 Å². The summed E-state index contributed by atoms with van der Waals surface area (Å²) >= 11 is 0. The third-order valence-corrected chi connectivity index (χ3v) is 10.4. The van der Waals surface area contributed by atoms with E-state index in [2.05, 4.69) is 9.97 Å². The fourth-order valence-electron chi connectivity index (χ4n) is 7.75. The van der Waals surface area contributed by atoms with Gasteiger partial charge in [0, 0.05) is 44.3 Å². The quantitative estimate of drug-likeness (QED) is 0.118. The van der Waals surface area contributed by atoms with E-state index in [-0.39, 0.29) is 69.2 Å². The predicted octanol–water partition coefficient (Wildman–Crippen LogP) is 13.2. The van der Waals surface area contributed by atoms with Crippen LogP contribution in [-0.4, -0.2) is 33.1 Å². The summed E-state index contributed by atoms with van der Waals surface area (Å²) in [5.74, 6) is -16.3. The van der Waals surface area contributed by atoms with E-state index >= 15 is 35.1 Å². The van der Waals surface area contributed by atoms with Crippen molar-refractivity contribution in [1.29, 1.82) is 0 Å². The van der Waals surface area contributed by atoms with Crippen LogP contribution in [0.5, 0.6) is 11.5 Å². The average Bonchev–Trinajstić information content (AvgIpc) is 4.14. The summed E-state index contributed by atoms with van der Waals surface area (Å²) in [6.07, 6.45) is 5.87. The number of H-pyrrole nitrogens is 2. The first kappa shape index (κ1) is 40.0. The zero-order valence-electron chi connectivity index (χ0n) is 32.5. The van der Waals surface area contributed by atoms with Crippen molar-refractivity contribution in [3.63, 3.8) is 0 Å². The van der Waals surface area contributed by atoms with Gasteiger partial charge in [-0.05, 0) is 73.5 Å². The highest BCUT2D eigenvalue weighted by atomic mass is 19.2. The highest BCUT2D eigenvalue weighted by Gasteiger charge is 2.32. The molecule has 2 N–H and O–H groups in total. The van der Waals surface area contributed by atoms with E-state index in [0.29, 0.717) is 22.3 Å². The first-order valence-electron chi connectivity index (χ1n) is 19.3. The van der Waals surface area contributed by atoms with Crippen LogP contribution in [-0.2, 0) is 0 Å². The van der Waals surface area contributed by atoms with Crippen molar-refractivity contribution in [2.24, 2.45) is 0 Å². The third kappa shape index (κ3) is 6.49. The lowest BCUT2D eigenvalue weighted by Gasteiger charge is -2.13. The van der Waals surface area contributed by atoms with Gasteiger partial charge in [0.1, 0.15) is 0 Å². The number of nitrogens with one attached hydrogen (secondary N) is 2. The molecule has 0 atom stereocenters. The van der Waals surface area contributed by atoms with Gasteiger partial charge in [0.05, 0.1) is 47.1 Å². The second-order valence-corrected chi connectivity index (χ2v) is 14.0. The molecule has 0 saturated carbocycles. The summed E-state index contributed by atoms with van der Waals surface area (Å²) < 4.78 is 138. The molecule has 2 aliphatic heterocycles. The molecule has 62 heavy (non-hydrogen) atoms. The molecule has 0 radical (unpaired) electrons. The number of fused-ring (bicyclic) bond motifs is 8. The molecule has 0 amide bonds. The molecule has 0 spiro atoms. The molecular formula is C48H30F8N4O2. The minimum absolute atomic E-state index is 0.0159. The lowest BCUT2D eigenvalue weighted by atomic mass is 10.0. The average molecular weight is 847 g/mol. The number of rotatable bonds is 8. The van der Waals surface area contributed by atoms with Gasteiger partial charge in [-0.2, -0.15) is 17.6 Å². The lowest BCUT2D eigenvalue weighted by molar-refractivity contribution is 0.287. The standard InChI is InChI=1S/C48H30F8N4O2/c1-3-61-47-43(53)39(49)37(40(50)44(47)54)35-29-19-15-25(57-29)33(23-11-7-5-8-12-23)27-17-21-31(59-27)36(38-41(51)45(55)48(62-4-2)46(56)42(38)52)32-22-18-28(60-32)34(24-13-9-6-10-14-24)26-16-20-30(35)58-26/h5-22,57,60H,3-4H2,1-2H3. The Morgan fingerprint density at radius 1 is 0.371 bits per heavy atom. The third-order valence-electron chi connectivity index (χ3n) is 10.4. The molecule has 5 heterocycles. The largest absolute Gasteiger partial charge is 0.488 e. The number of hydrogen-bond acceptors (Lipinski definition) is 4. The van der Waals surface area contributed by atoms with Crippen molar-refractivity contribution in [1.82, 2.24) is 19.9 Å². The Labute approximate surface area is 347 Å². The molecule has 14 heteroatoms. The van der Waals surface area contributed by atoms with Gasteiger partial charge in [0.15, 0.2) is 34.8 Å². The maximum Gasteiger partial charge on any atom is 0.204 e. The smallest absolute Gasteiger partial charge is 0.204 e. The van der Waals surface area contributed by atoms with E-state index < -0.39 is 69.2 Å². The second-order valence-electron chi connectivity index (χ2n) is 14.0. The molecule has 9 rings (SSSR count). The van der Waals surface area contributed by atoms with Crippen LogP contribution < -0.4 is 9.47 Å². The SMILES string of the molecule is CCOc1c(F)c(F)c(-c2c3nc(c(-c4ccccc4)c4ccc([nH]4)c(-c4c(F)c(F)c(OCC)c(F)c4F)c4nc(c(-c5ccccc5)c5ccc2[nH]5)C=C4)C=C3)c(F)c1F. The molecule has 0 unspecified atom stereocenters. The van der Waals surface area contributed by atoms with Gasteiger partial charge in [0.2, 0.25) is 23.3 Å². The molecule has 0 saturated heterocycles. The van der Waals surface area contributed by atoms with Crippen molar-refractivity contribution in [2.45, 2.75) is 13.8 Å². The molecule has 0 fully saturated rings. The molecule has 2 aliphatic rings. The number of aromatic amines is 2. The zero-order chi connectivity index (χ0) is 43.4. The van der Waals surface area contributed by atoms with Crippen LogP contribution in [0.1, 0.15) is 36.6 Å². The fraction of sp³-hybridized carbons (Fsp3) is 0.0833. The molecule has 0 aliphatic carbocycles. The van der Waals surface area contributed by atoms with Gasteiger partial charge in [-0.3, -0.25) is 0 Å². The van der Waals surface area contributed by atoms with E-state index in [1.165, 1.54) is 50.3 Å². The minimum atomic E-state index is -1.74. The Balaban J connectivity index is 1.50. The Kier molecular flexibility index (Phi) is 10.2. The predicted molar refractivity (Wildman–Crippen MR) is 223 cm³/mol. The summed E-state index contributed by atoms with van der Waals surface area (Å²) in [5, 5.41) is 0. The van der Waals surface area contributed by atoms with E-state index in [4.69, 9.17) is 19.4 Å². The van der Waals surface area contributed by atoms with Crippen LogP contribution in [0.2, 0.25) is 0 Å². The van der Waals surface area contributed by atoms with Crippen molar-refractivity contribution >= 4 is 46.4 Å². The highest BCUT2D eigenvalue weighted by Crippen LogP contribution is 2.44. The molecule has 7 aromatic rings. The summed E-state index contributed by atoms with van der Waals surface area (Å²) in [5.41, 5.74) is -0.320. The Hall–Kier alpha value is -7.48. The van der Waals surface area contributed by atoms with Crippen molar-refractivity contribution in [3.05, 3.63) is 154 Å². The number of nitrogens with zero attached hydrogens (tertiary/aromatic N) is 2. The van der Waals surface area contributed by atoms with Gasteiger partial charge in [-0.15, -0.1) is 0 Å². The van der Waals surface area contributed by atoms with Gasteiger partial charge in [-0.1, -0.05) is 60.7 Å². The molecule has 6 nitrogen and oxygen atoms in total. The van der Waals surface area contributed by atoms with E-state index in [0.717, 1.165) is 0 Å². The maximum atomic E-state index is 16.3. The first-order chi connectivity index (χ1) is 30.0. The number of aromatic nitrogens is 4. The topological polar surface area (TPSA) is 75.8 Å². The molecular weight excluding hydrogens is 817 g/mol. The van der Waals surface area contributed by atoms with E-state index in [1.807, 2.05) is 0 Å². The normalized spacial score (nSPS) is 12.0. The first-order valence-corrected chi connectivity index (χ1v) is 19.3. The summed E-state index contributed by atoms with van der Waals surface area (Å²) in [7, 11) is 0. The summed E-state index contributed by atoms with van der Waals surface area (Å²) in [6, 6.07) is 23.3.